The Labute approximate surface area is 168 Å². The number of nitrogens with one attached hydrogen (secondary N) is 1. The maximum absolute atomic E-state index is 12.8. The molecule has 1 atom stereocenters. The second-order valence-corrected chi connectivity index (χ2v) is 7.66. The van der Waals surface area contributed by atoms with Crippen molar-refractivity contribution in [2.75, 3.05) is 32.8 Å². The molecule has 0 spiro atoms. The van der Waals surface area contributed by atoms with Crippen LogP contribution < -0.4 is 5.32 Å². The van der Waals surface area contributed by atoms with Gasteiger partial charge < -0.3 is 14.5 Å². The van der Waals surface area contributed by atoms with Gasteiger partial charge >= 0.3 is 0 Å². The molecule has 6 nitrogen and oxygen atoms in total. The molecule has 0 aliphatic carbocycles. The van der Waals surface area contributed by atoms with E-state index in [1.165, 1.54) is 4.88 Å². The molecule has 1 amide bonds. The van der Waals surface area contributed by atoms with Gasteiger partial charge in [-0.25, -0.2) is 4.98 Å². The second kappa shape index (κ2) is 8.68. The number of benzene rings is 1. The molecule has 0 saturated carbocycles. The quantitative estimate of drug-likeness (QED) is 0.689. The first-order valence-electron chi connectivity index (χ1n) is 9.38. The van der Waals surface area contributed by atoms with E-state index >= 15 is 0 Å². The van der Waals surface area contributed by atoms with E-state index in [1.807, 2.05) is 36.4 Å². The summed E-state index contributed by atoms with van der Waals surface area (Å²) in [5.41, 5.74) is 1.19. The van der Waals surface area contributed by atoms with Crippen LogP contribution >= 0.6 is 11.3 Å². The molecular weight excluding hydrogens is 374 g/mol. The fraction of sp³-hybridized carbons (Fsp3) is 0.333. The molecule has 1 saturated heterocycles. The molecule has 146 valence electrons. The highest BCUT2D eigenvalue weighted by Crippen LogP contribution is 2.26. The van der Waals surface area contributed by atoms with Gasteiger partial charge in [-0.15, -0.1) is 11.3 Å². The zero-order chi connectivity index (χ0) is 19.3. The number of carbonyl (C=O) groups is 1. The van der Waals surface area contributed by atoms with E-state index < -0.39 is 0 Å². The van der Waals surface area contributed by atoms with Crippen LogP contribution in [0, 0.1) is 6.92 Å². The first-order valence-corrected chi connectivity index (χ1v) is 10.3. The van der Waals surface area contributed by atoms with E-state index in [4.69, 9.17) is 9.15 Å². The predicted molar refractivity (Wildman–Crippen MR) is 108 cm³/mol. The summed E-state index contributed by atoms with van der Waals surface area (Å²) >= 11 is 1.71. The van der Waals surface area contributed by atoms with Crippen molar-refractivity contribution in [1.29, 1.82) is 0 Å². The fourth-order valence-electron chi connectivity index (χ4n) is 3.36. The molecule has 0 bridgehead atoms. The number of hydrogen-bond donors (Lipinski definition) is 1. The number of amides is 1. The summed E-state index contributed by atoms with van der Waals surface area (Å²) in [6.07, 6.45) is 0. The number of oxazole rings is 1. The maximum Gasteiger partial charge on any atom is 0.273 e. The third kappa shape index (κ3) is 4.16. The van der Waals surface area contributed by atoms with Crippen LogP contribution in [0.3, 0.4) is 0 Å². The largest absolute Gasteiger partial charge is 0.441 e. The summed E-state index contributed by atoms with van der Waals surface area (Å²) in [5.74, 6) is 0.778. The lowest BCUT2D eigenvalue weighted by molar-refractivity contribution is 0.0169. The smallest absolute Gasteiger partial charge is 0.273 e. The summed E-state index contributed by atoms with van der Waals surface area (Å²) in [7, 11) is 0. The Morgan fingerprint density at radius 2 is 2.00 bits per heavy atom. The molecule has 28 heavy (non-hydrogen) atoms. The molecule has 3 heterocycles. The molecule has 0 radical (unpaired) electrons. The molecule has 7 heteroatoms. The zero-order valence-electron chi connectivity index (χ0n) is 15.8. The van der Waals surface area contributed by atoms with Crippen LogP contribution in [0.5, 0.6) is 0 Å². The lowest BCUT2D eigenvalue weighted by Gasteiger charge is -2.34. The number of aryl methyl sites for hydroxylation is 1. The number of rotatable bonds is 6. The molecular formula is C21H23N3O3S. The molecule has 4 rings (SSSR count). The van der Waals surface area contributed by atoms with Gasteiger partial charge in [0.1, 0.15) is 5.76 Å². The summed E-state index contributed by atoms with van der Waals surface area (Å²) in [5, 5.41) is 5.12. The Hall–Kier alpha value is -2.48. The van der Waals surface area contributed by atoms with Crippen molar-refractivity contribution in [3.05, 3.63) is 64.2 Å². The summed E-state index contributed by atoms with van der Waals surface area (Å²) in [6, 6.07) is 13.9. The van der Waals surface area contributed by atoms with Crippen molar-refractivity contribution in [1.82, 2.24) is 15.2 Å². The Balaban J connectivity index is 1.47. The number of aromatic nitrogens is 1. The molecule has 1 N–H and O–H groups in total. The van der Waals surface area contributed by atoms with Crippen LogP contribution in [-0.2, 0) is 4.74 Å². The topological polar surface area (TPSA) is 67.6 Å². The second-order valence-electron chi connectivity index (χ2n) is 6.68. The Kier molecular flexibility index (Phi) is 5.85. The van der Waals surface area contributed by atoms with Gasteiger partial charge in [0.15, 0.2) is 5.69 Å². The standard InChI is InChI=1S/C21H23N3O3S/c1-15-19(23-21(27-15)16-6-3-2-4-7-16)20(25)22-14-17(18-8-5-13-28-18)24-9-11-26-12-10-24/h2-8,13,17H,9-12,14H2,1H3,(H,22,25). The zero-order valence-corrected chi connectivity index (χ0v) is 16.6. The minimum absolute atomic E-state index is 0.133. The van der Waals surface area contributed by atoms with Gasteiger partial charge in [0.05, 0.1) is 19.3 Å². The Morgan fingerprint density at radius 1 is 1.21 bits per heavy atom. The SMILES string of the molecule is Cc1oc(-c2ccccc2)nc1C(=O)NCC(c1cccs1)N1CCOCC1. The number of hydrogen-bond acceptors (Lipinski definition) is 6. The maximum atomic E-state index is 12.8. The highest BCUT2D eigenvalue weighted by molar-refractivity contribution is 7.10. The van der Waals surface area contributed by atoms with E-state index in [0.29, 0.717) is 23.9 Å². The van der Waals surface area contributed by atoms with Gasteiger partial charge in [0.25, 0.3) is 5.91 Å². The van der Waals surface area contributed by atoms with Gasteiger partial charge in [-0.1, -0.05) is 24.3 Å². The average molecular weight is 398 g/mol. The van der Waals surface area contributed by atoms with Gasteiger partial charge in [-0.05, 0) is 30.5 Å². The van der Waals surface area contributed by atoms with Gasteiger partial charge in [0, 0.05) is 30.1 Å². The fourth-order valence-corrected chi connectivity index (χ4v) is 4.22. The van der Waals surface area contributed by atoms with Crippen LogP contribution in [0.2, 0.25) is 0 Å². The molecule has 3 aromatic rings. The third-order valence-electron chi connectivity index (χ3n) is 4.85. The first kappa shape index (κ1) is 18.9. The first-order chi connectivity index (χ1) is 13.7. The highest BCUT2D eigenvalue weighted by atomic mass is 32.1. The monoisotopic (exact) mass is 397 g/mol. The average Bonchev–Trinajstić information content (AvgIpc) is 3.40. The van der Waals surface area contributed by atoms with Crippen molar-refractivity contribution in [3.8, 4) is 11.5 Å². The predicted octanol–water partition coefficient (Wildman–Crippen LogP) is 3.51. The van der Waals surface area contributed by atoms with Crippen molar-refractivity contribution >= 4 is 17.2 Å². The summed E-state index contributed by atoms with van der Waals surface area (Å²) in [4.78, 5) is 20.8. The summed E-state index contributed by atoms with van der Waals surface area (Å²) < 4.78 is 11.2. The molecule has 1 fully saturated rings. The van der Waals surface area contributed by atoms with Gasteiger partial charge in [-0.2, -0.15) is 0 Å². The van der Waals surface area contributed by atoms with E-state index in [9.17, 15) is 4.79 Å². The van der Waals surface area contributed by atoms with Crippen LogP contribution in [0.25, 0.3) is 11.5 Å². The molecule has 1 aliphatic rings. The number of morpholine rings is 1. The van der Waals surface area contributed by atoms with Crippen LogP contribution in [0.1, 0.15) is 27.2 Å². The number of nitrogens with zero attached hydrogens (tertiary/aromatic N) is 2. The van der Waals surface area contributed by atoms with Crippen molar-refractivity contribution in [3.63, 3.8) is 0 Å². The van der Waals surface area contributed by atoms with Gasteiger partial charge in [-0.3, -0.25) is 9.69 Å². The summed E-state index contributed by atoms with van der Waals surface area (Å²) in [6.45, 7) is 5.45. The van der Waals surface area contributed by atoms with Gasteiger partial charge in [0.2, 0.25) is 5.89 Å². The Bertz CT molecular complexity index is 902. The van der Waals surface area contributed by atoms with Crippen molar-refractivity contribution in [2.24, 2.45) is 0 Å². The minimum Gasteiger partial charge on any atom is -0.441 e. The molecule has 1 aliphatic heterocycles. The van der Waals surface area contributed by atoms with E-state index in [-0.39, 0.29) is 11.9 Å². The van der Waals surface area contributed by atoms with Crippen molar-refractivity contribution in [2.45, 2.75) is 13.0 Å². The van der Waals surface area contributed by atoms with E-state index in [0.717, 1.165) is 31.9 Å². The van der Waals surface area contributed by atoms with Crippen LogP contribution in [0.15, 0.2) is 52.3 Å². The number of ether oxygens (including phenoxy) is 1. The lowest BCUT2D eigenvalue weighted by atomic mass is 10.2. The number of thiophene rings is 1. The van der Waals surface area contributed by atoms with Crippen LogP contribution in [0.4, 0.5) is 0 Å². The molecule has 1 aromatic carbocycles. The van der Waals surface area contributed by atoms with E-state index in [1.54, 1.807) is 18.3 Å². The van der Waals surface area contributed by atoms with Crippen LogP contribution in [-0.4, -0.2) is 48.6 Å². The van der Waals surface area contributed by atoms with Crippen molar-refractivity contribution < 1.29 is 13.9 Å². The highest BCUT2D eigenvalue weighted by Gasteiger charge is 2.25. The Morgan fingerprint density at radius 3 is 2.71 bits per heavy atom. The number of carbonyl (C=O) groups excluding carboxylic acids is 1. The third-order valence-corrected chi connectivity index (χ3v) is 5.82. The minimum atomic E-state index is -0.210. The normalized spacial score (nSPS) is 16.0. The van der Waals surface area contributed by atoms with E-state index in [2.05, 4.69) is 26.6 Å². The molecule has 2 aromatic heterocycles. The molecule has 1 unspecified atom stereocenters. The lowest BCUT2D eigenvalue weighted by Crippen LogP contribution is -2.43.